The molecule has 0 radical (unpaired) electrons. The molecule has 0 spiro atoms. The first-order chi connectivity index (χ1) is 13.0. The van der Waals surface area contributed by atoms with Gasteiger partial charge in [-0.05, 0) is 37.8 Å². The molecule has 0 aromatic heterocycles. The van der Waals surface area contributed by atoms with Crippen molar-refractivity contribution in [1.82, 2.24) is 5.32 Å². The number of phenols is 1. The van der Waals surface area contributed by atoms with E-state index >= 15 is 0 Å². The summed E-state index contributed by atoms with van der Waals surface area (Å²) in [4.78, 5) is 4.98. The zero-order valence-corrected chi connectivity index (χ0v) is 16.7. The van der Waals surface area contributed by atoms with Crippen molar-refractivity contribution < 1.29 is 9.84 Å². The smallest absolute Gasteiger partial charge is 0.162 e. The zero-order chi connectivity index (χ0) is 19.4. The Balaban J connectivity index is 1.94. The molecule has 2 aromatic carbocycles. The number of nitrogens with zero attached hydrogens (tertiary/aromatic N) is 1. The van der Waals surface area contributed by atoms with E-state index in [9.17, 15) is 5.11 Å². The fraction of sp³-hybridized carbons (Fsp3) is 0.435. The summed E-state index contributed by atoms with van der Waals surface area (Å²) in [7, 11) is 0. The van der Waals surface area contributed by atoms with Crippen LogP contribution in [0.2, 0.25) is 0 Å². The van der Waals surface area contributed by atoms with E-state index in [2.05, 4.69) is 50.4 Å². The van der Waals surface area contributed by atoms with Crippen LogP contribution in [0, 0.1) is 12.8 Å². The summed E-state index contributed by atoms with van der Waals surface area (Å²) in [6.07, 6.45) is 1.73. The maximum Gasteiger partial charge on any atom is 0.162 e. The molecule has 2 atom stereocenters. The van der Waals surface area contributed by atoms with Crippen LogP contribution in [-0.2, 0) is 0 Å². The predicted octanol–water partition coefficient (Wildman–Crippen LogP) is 5.00. The van der Waals surface area contributed by atoms with E-state index in [1.54, 1.807) is 0 Å². The van der Waals surface area contributed by atoms with Gasteiger partial charge >= 0.3 is 0 Å². The molecule has 3 rings (SSSR count). The number of aromatic hydroxyl groups is 1. The quantitative estimate of drug-likeness (QED) is 0.757. The molecule has 0 bridgehead atoms. The molecule has 1 aliphatic rings. The van der Waals surface area contributed by atoms with Gasteiger partial charge in [-0.1, -0.05) is 55.8 Å². The summed E-state index contributed by atoms with van der Waals surface area (Å²) in [5.41, 5.74) is 4.35. The number of benzene rings is 2. The van der Waals surface area contributed by atoms with Crippen molar-refractivity contribution in [2.45, 2.75) is 52.7 Å². The van der Waals surface area contributed by atoms with E-state index in [0.717, 1.165) is 29.7 Å². The molecule has 4 nitrogen and oxygen atoms in total. The molecule has 2 aromatic rings. The predicted molar refractivity (Wildman–Crippen MR) is 111 cm³/mol. The van der Waals surface area contributed by atoms with Crippen molar-refractivity contribution in [3.05, 3.63) is 59.2 Å². The van der Waals surface area contributed by atoms with Crippen molar-refractivity contribution in [2.24, 2.45) is 10.9 Å². The molecule has 0 saturated heterocycles. The number of hydrogen-bond donors (Lipinski definition) is 2. The van der Waals surface area contributed by atoms with Crippen LogP contribution in [0.1, 0.15) is 56.3 Å². The Hall–Kier alpha value is -2.33. The topological polar surface area (TPSA) is 53.8 Å². The van der Waals surface area contributed by atoms with Gasteiger partial charge in [0.15, 0.2) is 11.5 Å². The first-order valence-corrected chi connectivity index (χ1v) is 9.82. The van der Waals surface area contributed by atoms with Crippen LogP contribution in [0.15, 0.2) is 47.5 Å². The van der Waals surface area contributed by atoms with Gasteiger partial charge in [-0.15, -0.1) is 0 Å². The summed E-state index contributed by atoms with van der Waals surface area (Å²) in [5.74, 6) is 1.30. The van der Waals surface area contributed by atoms with Gasteiger partial charge in [0.2, 0.25) is 0 Å². The highest BCUT2D eigenvalue weighted by Crippen LogP contribution is 2.37. The second kappa shape index (κ2) is 8.57. The lowest BCUT2D eigenvalue weighted by Crippen LogP contribution is -2.39. The van der Waals surface area contributed by atoms with Crippen LogP contribution >= 0.6 is 0 Å². The van der Waals surface area contributed by atoms with Crippen molar-refractivity contribution in [3.8, 4) is 11.5 Å². The molecular weight excluding hydrogens is 336 g/mol. The number of para-hydroxylation sites is 1. The molecule has 0 fully saturated rings. The van der Waals surface area contributed by atoms with E-state index in [4.69, 9.17) is 9.73 Å². The largest absolute Gasteiger partial charge is 0.504 e. The third-order valence-electron chi connectivity index (χ3n) is 4.89. The van der Waals surface area contributed by atoms with E-state index in [1.165, 1.54) is 5.56 Å². The minimum absolute atomic E-state index is 0.00274. The maximum absolute atomic E-state index is 10.7. The molecule has 1 aliphatic heterocycles. The van der Waals surface area contributed by atoms with Crippen LogP contribution in [0.5, 0.6) is 11.5 Å². The third kappa shape index (κ3) is 4.69. The van der Waals surface area contributed by atoms with E-state index in [-0.39, 0.29) is 18.0 Å². The van der Waals surface area contributed by atoms with Gasteiger partial charge in [-0.25, -0.2) is 0 Å². The number of nitrogens with one attached hydrogen (secondary N) is 1. The summed E-state index contributed by atoms with van der Waals surface area (Å²) in [6, 6.07) is 14.3. The second-order valence-corrected chi connectivity index (χ2v) is 7.64. The standard InChI is InChI=1S/C23H30N2O2/c1-5-27-21-8-6-7-18(23(21)26)20-14-19(17-11-9-16(4)10-12-17)24-22(25-20)13-15(2)3/h6-12,15,20,22,25-26H,5,13-14H2,1-4H3/t20-,22+/m0/s1. The Morgan fingerprint density at radius 3 is 2.59 bits per heavy atom. The highest BCUT2D eigenvalue weighted by molar-refractivity contribution is 6.01. The van der Waals surface area contributed by atoms with Gasteiger partial charge in [0.25, 0.3) is 0 Å². The summed E-state index contributed by atoms with van der Waals surface area (Å²) < 4.78 is 5.58. The van der Waals surface area contributed by atoms with E-state index in [1.807, 2.05) is 25.1 Å². The lowest BCUT2D eigenvalue weighted by molar-refractivity contribution is 0.311. The number of phenolic OH excluding ortho intramolecular Hbond substituents is 1. The number of aliphatic imine (C=N–C) groups is 1. The Kier molecular flexibility index (Phi) is 6.17. The lowest BCUT2D eigenvalue weighted by Gasteiger charge is -2.31. The van der Waals surface area contributed by atoms with Crippen LogP contribution in [0.4, 0.5) is 0 Å². The monoisotopic (exact) mass is 366 g/mol. The highest BCUT2D eigenvalue weighted by Gasteiger charge is 2.28. The normalized spacial score (nSPS) is 19.8. The Bertz CT molecular complexity index is 797. The minimum atomic E-state index is 0.00274. The molecule has 0 unspecified atom stereocenters. The molecular formula is C23H30N2O2. The van der Waals surface area contributed by atoms with Crippen molar-refractivity contribution in [3.63, 3.8) is 0 Å². The summed E-state index contributed by atoms with van der Waals surface area (Å²) in [6.45, 7) is 8.96. The van der Waals surface area contributed by atoms with Gasteiger partial charge in [0.1, 0.15) is 6.17 Å². The molecule has 0 amide bonds. The lowest BCUT2D eigenvalue weighted by atomic mass is 9.93. The second-order valence-electron chi connectivity index (χ2n) is 7.64. The number of hydrogen-bond acceptors (Lipinski definition) is 4. The van der Waals surface area contributed by atoms with Crippen molar-refractivity contribution in [1.29, 1.82) is 0 Å². The third-order valence-corrected chi connectivity index (χ3v) is 4.89. The van der Waals surface area contributed by atoms with Crippen LogP contribution < -0.4 is 10.1 Å². The molecule has 144 valence electrons. The van der Waals surface area contributed by atoms with Crippen LogP contribution in [0.25, 0.3) is 0 Å². The fourth-order valence-corrected chi connectivity index (χ4v) is 3.56. The zero-order valence-electron chi connectivity index (χ0n) is 16.7. The van der Waals surface area contributed by atoms with Crippen LogP contribution in [0.3, 0.4) is 0 Å². The fourth-order valence-electron chi connectivity index (χ4n) is 3.56. The number of aryl methyl sites for hydroxylation is 1. The molecule has 1 heterocycles. The maximum atomic E-state index is 10.7. The molecule has 0 saturated carbocycles. The molecule has 4 heteroatoms. The molecule has 0 aliphatic carbocycles. The van der Waals surface area contributed by atoms with Crippen molar-refractivity contribution in [2.75, 3.05) is 6.61 Å². The SMILES string of the molecule is CCOc1cccc([C@@H]2CC(c3ccc(C)cc3)=N[C@@H](CC(C)C)N2)c1O. The van der Waals surface area contributed by atoms with Gasteiger partial charge in [-0.3, -0.25) is 10.3 Å². The van der Waals surface area contributed by atoms with E-state index in [0.29, 0.717) is 18.3 Å². The first kappa shape index (κ1) is 19.4. The Morgan fingerprint density at radius 1 is 1.19 bits per heavy atom. The average Bonchev–Trinajstić information content (AvgIpc) is 2.63. The Labute approximate surface area is 162 Å². The van der Waals surface area contributed by atoms with E-state index < -0.39 is 0 Å². The molecule has 27 heavy (non-hydrogen) atoms. The average molecular weight is 367 g/mol. The first-order valence-electron chi connectivity index (χ1n) is 9.82. The van der Waals surface area contributed by atoms with Gasteiger partial charge in [-0.2, -0.15) is 0 Å². The highest BCUT2D eigenvalue weighted by atomic mass is 16.5. The van der Waals surface area contributed by atoms with Crippen molar-refractivity contribution >= 4 is 5.71 Å². The Morgan fingerprint density at radius 2 is 1.93 bits per heavy atom. The number of ether oxygens (including phenoxy) is 1. The summed E-state index contributed by atoms with van der Waals surface area (Å²) in [5, 5.41) is 14.3. The van der Waals surface area contributed by atoms with Gasteiger partial charge in [0.05, 0.1) is 6.61 Å². The van der Waals surface area contributed by atoms with Crippen LogP contribution in [-0.4, -0.2) is 23.6 Å². The van der Waals surface area contributed by atoms with Gasteiger partial charge in [0, 0.05) is 23.7 Å². The molecule has 2 N–H and O–H groups in total. The summed E-state index contributed by atoms with van der Waals surface area (Å²) >= 11 is 0. The minimum Gasteiger partial charge on any atom is -0.504 e. The van der Waals surface area contributed by atoms with Gasteiger partial charge < -0.3 is 9.84 Å². The number of rotatable bonds is 6.